The highest BCUT2D eigenvalue weighted by Crippen LogP contribution is 2.31. The number of methoxy groups -OCH3 is 1. The zero-order chi connectivity index (χ0) is 17.8. The molecule has 5 heteroatoms. The summed E-state index contributed by atoms with van der Waals surface area (Å²) in [4.78, 5) is 14.0. The van der Waals surface area contributed by atoms with E-state index in [4.69, 9.17) is 9.47 Å². The molecule has 0 spiro atoms. The van der Waals surface area contributed by atoms with Crippen LogP contribution in [0.3, 0.4) is 0 Å². The maximum atomic E-state index is 12.0. The van der Waals surface area contributed by atoms with Crippen LogP contribution in [0.5, 0.6) is 5.75 Å². The average molecular weight is 341 g/mol. The minimum atomic E-state index is -0.862. The van der Waals surface area contributed by atoms with E-state index in [2.05, 4.69) is 0 Å². The maximum absolute atomic E-state index is 12.0. The third kappa shape index (κ3) is 3.83. The summed E-state index contributed by atoms with van der Waals surface area (Å²) in [5.74, 6) is -0.203. The summed E-state index contributed by atoms with van der Waals surface area (Å²) in [6, 6.07) is 14.6. The van der Waals surface area contributed by atoms with Crippen LogP contribution >= 0.6 is 0 Å². The first kappa shape index (κ1) is 17.5. The van der Waals surface area contributed by atoms with Crippen LogP contribution in [0.1, 0.15) is 28.8 Å². The summed E-state index contributed by atoms with van der Waals surface area (Å²) in [6.45, 7) is 3.68. The molecule has 0 radical (unpaired) electrons. The normalized spacial score (nSPS) is 19.4. The van der Waals surface area contributed by atoms with Crippen molar-refractivity contribution in [2.45, 2.75) is 19.1 Å². The molecule has 132 valence electrons. The van der Waals surface area contributed by atoms with E-state index in [1.165, 1.54) is 0 Å². The molecule has 5 nitrogen and oxygen atoms in total. The predicted molar refractivity (Wildman–Crippen MR) is 94.8 cm³/mol. The number of aryl methyl sites for hydroxylation is 1. The second kappa shape index (κ2) is 7.68. The summed E-state index contributed by atoms with van der Waals surface area (Å²) in [5, 5.41) is 9.83. The van der Waals surface area contributed by atoms with E-state index in [0.29, 0.717) is 25.4 Å². The Hall–Kier alpha value is -2.37. The molecule has 1 aliphatic heterocycles. The first-order chi connectivity index (χ1) is 12.1. The van der Waals surface area contributed by atoms with Crippen molar-refractivity contribution in [1.82, 2.24) is 4.90 Å². The quantitative estimate of drug-likeness (QED) is 0.905. The molecule has 3 rings (SSSR count). The van der Waals surface area contributed by atoms with Crippen LogP contribution in [-0.4, -0.2) is 42.8 Å². The summed E-state index contributed by atoms with van der Waals surface area (Å²) in [7, 11) is 1.58. The Morgan fingerprint density at radius 1 is 1.28 bits per heavy atom. The molecule has 0 saturated carbocycles. The van der Waals surface area contributed by atoms with Gasteiger partial charge < -0.3 is 14.6 Å². The van der Waals surface area contributed by atoms with Gasteiger partial charge in [-0.15, -0.1) is 0 Å². The number of carbonyl (C=O) groups is 1. The van der Waals surface area contributed by atoms with E-state index < -0.39 is 12.0 Å². The number of benzene rings is 2. The molecule has 1 heterocycles. The lowest BCUT2D eigenvalue weighted by molar-refractivity contribution is -0.147. The largest absolute Gasteiger partial charge is 0.497 e. The van der Waals surface area contributed by atoms with E-state index in [1.807, 2.05) is 54.3 Å². The van der Waals surface area contributed by atoms with Crippen molar-refractivity contribution in [3.63, 3.8) is 0 Å². The first-order valence-electron chi connectivity index (χ1n) is 8.38. The first-order valence-corrected chi connectivity index (χ1v) is 8.38. The van der Waals surface area contributed by atoms with Gasteiger partial charge in [0, 0.05) is 13.1 Å². The Labute approximate surface area is 147 Å². The number of aliphatic carboxylic acids is 1. The number of rotatable bonds is 5. The standard InChI is InChI=1S/C20H23NO4/c1-14-6-3-4-9-17(14)18-13-21(10-11-25-18)19(20(22)23)15-7-5-8-16(12-15)24-2/h3-9,12,18-19H,10-11,13H2,1-2H3,(H,22,23). The van der Waals surface area contributed by atoms with Crippen LogP contribution in [0.25, 0.3) is 0 Å². The third-order valence-corrected chi connectivity index (χ3v) is 4.64. The summed E-state index contributed by atoms with van der Waals surface area (Å²) >= 11 is 0. The van der Waals surface area contributed by atoms with Gasteiger partial charge in [-0.1, -0.05) is 36.4 Å². The van der Waals surface area contributed by atoms with Crippen LogP contribution in [0, 0.1) is 6.92 Å². The van der Waals surface area contributed by atoms with Crippen LogP contribution in [0.15, 0.2) is 48.5 Å². The predicted octanol–water partition coefficient (Wildman–Crippen LogP) is 3.20. The lowest BCUT2D eigenvalue weighted by Gasteiger charge is -2.37. The number of carboxylic acid groups (broad SMARTS) is 1. The summed E-state index contributed by atoms with van der Waals surface area (Å²) < 4.78 is 11.2. The molecule has 0 aliphatic carbocycles. The van der Waals surface area contributed by atoms with Crippen molar-refractivity contribution in [1.29, 1.82) is 0 Å². The van der Waals surface area contributed by atoms with Crippen LogP contribution in [0.2, 0.25) is 0 Å². The molecule has 1 saturated heterocycles. The highest BCUT2D eigenvalue weighted by atomic mass is 16.5. The Balaban J connectivity index is 1.86. The Kier molecular flexibility index (Phi) is 5.36. The van der Waals surface area contributed by atoms with Gasteiger partial charge >= 0.3 is 5.97 Å². The van der Waals surface area contributed by atoms with Gasteiger partial charge in [-0.3, -0.25) is 9.69 Å². The number of ether oxygens (including phenoxy) is 2. The molecule has 0 aromatic heterocycles. The zero-order valence-electron chi connectivity index (χ0n) is 14.5. The fraction of sp³-hybridized carbons (Fsp3) is 0.350. The Morgan fingerprint density at radius 2 is 2.08 bits per heavy atom. The van der Waals surface area contributed by atoms with Crippen LogP contribution < -0.4 is 4.74 Å². The zero-order valence-corrected chi connectivity index (χ0v) is 14.5. The summed E-state index contributed by atoms with van der Waals surface area (Å²) in [5.41, 5.74) is 2.99. The molecule has 2 unspecified atom stereocenters. The monoisotopic (exact) mass is 341 g/mol. The van der Waals surface area contributed by atoms with Gasteiger partial charge in [-0.25, -0.2) is 0 Å². The number of nitrogens with zero attached hydrogens (tertiary/aromatic N) is 1. The fourth-order valence-electron chi connectivity index (χ4n) is 3.36. The van der Waals surface area contributed by atoms with E-state index >= 15 is 0 Å². The maximum Gasteiger partial charge on any atom is 0.325 e. The Morgan fingerprint density at radius 3 is 2.80 bits per heavy atom. The van der Waals surface area contributed by atoms with Crippen LogP contribution in [0.4, 0.5) is 0 Å². The highest BCUT2D eigenvalue weighted by Gasteiger charge is 2.33. The van der Waals surface area contributed by atoms with Crippen LogP contribution in [-0.2, 0) is 9.53 Å². The lowest BCUT2D eigenvalue weighted by Crippen LogP contribution is -2.43. The molecule has 1 N–H and O–H groups in total. The van der Waals surface area contributed by atoms with E-state index in [1.54, 1.807) is 13.2 Å². The van der Waals surface area contributed by atoms with Gasteiger partial charge in [0.25, 0.3) is 0 Å². The number of hydrogen-bond acceptors (Lipinski definition) is 4. The van der Waals surface area contributed by atoms with Crippen molar-refractivity contribution in [2.24, 2.45) is 0 Å². The molecule has 2 aromatic rings. The van der Waals surface area contributed by atoms with E-state index in [9.17, 15) is 9.90 Å². The fourth-order valence-corrected chi connectivity index (χ4v) is 3.36. The van der Waals surface area contributed by atoms with Crippen molar-refractivity contribution in [2.75, 3.05) is 26.8 Å². The third-order valence-electron chi connectivity index (χ3n) is 4.64. The molecule has 25 heavy (non-hydrogen) atoms. The second-order valence-electron chi connectivity index (χ2n) is 6.23. The van der Waals surface area contributed by atoms with E-state index in [0.717, 1.165) is 16.7 Å². The molecule has 0 bridgehead atoms. The number of hydrogen-bond donors (Lipinski definition) is 1. The van der Waals surface area contributed by atoms with Gasteiger partial charge in [-0.05, 0) is 35.7 Å². The van der Waals surface area contributed by atoms with Crippen molar-refractivity contribution >= 4 is 5.97 Å². The van der Waals surface area contributed by atoms with Crippen molar-refractivity contribution in [3.8, 4) is 5.75 Å². The van der Waals surface area contributed by atoms with Crippen molar-refractivity contribution in [3.05, 3.63) is 65.2 Å². The van der Waals surface area contributed by atoms with Gasteiger partial charge in [-0.2, -0.15) is 0 Å². The SMILES string of the molecule is COc1cccc(C(C(=O)O)N2CCOC(c3ccccc3C)C2)c1. The van der Waals surface area contributed by atoms with Gasteiger partial charge in [0.2, 0.25) is 0 Å². The molecule has 1 fully saturated rings. The molecular formula is C20H23NO4. The number of carboxylic acids is 1. The Bertz CT molecular complexity index is 746. The van der Waals surface area contributed by atoms with Gasteiger partial charge in [0.15, 0.2) is 0 Å². The average Bonchev–Trinajstić information content (AvgIpc) is 2.62. The highest BCUT2D eigenvalue weighted by molar-refractivity contribution is 5.75. The van der Waals surface area contributed by atoms with Crippen molar-refractivity contribution < 1.29 is 19.4 Å². The van der Waals surface area contributed by atoms with Gasteiger partial charge in [0.1, 0.15) is 11.8 Å². The minimum Gasteiger partial charge on any atom is -0.497 e. The minimum absolute atomic E-state index is 0.123. The molecule has 2 aromatic carbocycles. The number of morpholine rings is 1. The van der Waals surface area contributed by atoms with E-state index in [-0.39, 0.29) is 6.10 Å². The molecule has 2 atom stereocenters. The molecule has 1 aliphatic rings. The lowest BCUT2D eigenvalue weighted by atomic mass is 9.99. The smallest absolute Gasteiger partial charge is 0.325 e. The topological polar surface area (TPSA) is 59.0 Å². The molecular weight excluding hydrogens is 318 g/mol. The summed E-state index contributed by atoms with van der Waals surface area (Å²) in [6.07, 6.45) is -0.123. The second-order valence-corrected chi connectivity index (χ2v) is 6.23. The molecule has 0 amide bonds. The van der Waals surface area contributed by atoms with Gasteiger partial charge in [0.05, 0.1) is 19.8 Å².